The predicted octanol–water partition coefficient (Wildman–Crippen LogP) is 2.41. The smallest absolute Gasteiger partial charge is 0.222 e. The first kappa shape index (κ1) is 15.8. The van der Waals surface area contributed by atoms with Crippen molar-refractivity contribution in [1.29, 1.82) is 0 Å². The molecule has 4 nitrogen and oxygen atoms in total. The highest BCUT2D eigenvalue weighted by atomic mass is 16.5. The van der Waals surface area contributed by atoms with Gasteiger partial charge in [0.15, 0.2) is 0 Å². The van der Waals surface area contributed by atoms with Crippen molar-refractivity contribution in [2.24, 2.45) is 5.73 Å². The molecule has 1 amide bonds. The van der Waals surface area contributed by atoms with Crippen LogP contribution >= 0.6 is 0 Å². The lowest BCUT2D eigenvalue weighted by molar-refractivity contribution is -0.132. The molecular weight excluding hydrogens is 264 g/mol. The van der Waals surface area contributed by atoms with Crippen LogP contribution in [0.3, 0.4) is 0 Å². The van der Waals surface area contributed by atoms with E-state index in [9.17, 15) is 4.79 Å². The third-order valence-electron chi connectivity index (χ3n) is 4.03. The van der Waals surface area contributed by atoms with Gasteiger partial charge < -0.3 is 15.4 Å². The zero-order chi connectivity index (χ0) is 15.2. The van der Waals surface area contributed by atoms with Crippen LogP contribution in [0.15, 0.2) is 18.2 Å². The number of piperidine rings is 1. The Hall–Kier alpha value is -1.55. The number of nitrogens with zero attached hydrogens (tertiary/aromatic N) is 1. The van der Waals surface area contributed by atoms with Crippen molar-refractivity contribution >= 4 is 5.91 Å². The molecule has 2 N–H and O–H groups in total. The molecule has 1 aliphatic rings. The molecule has 1 aromatic carbocycles. The molecular formula is C17H26N2O2. The van der Waals surface area contributed by atoms with Gasteiger partial charge in [0, 0.05) is 25.6 Å². The molecule has 0 bridgehead atoms. The maximum atomic E-state index is 12.1. The van der Waals surface area contributed by atoms with Crippen molar-refractivity contribution in [3.63, 3.8) is 0 Å². The average Bonchev–Trinajstić information content (AvgIpc) is 2.47. The van der Waals surface area contributed by atoms with Gasteiger partial charge in [-0.15, -0.1) is 0 Å². The highest BCUT2D eigenvalue weighted by molar-refractivity contribution is 5.76. The first-order valence-electron chi connectivity index (χ1n) is 7.79. The number of benzene rings is 1. The van der Waals surface area contributed by atoms with Crippen molar-refractivity contribution < 1.29 is 9.53 Å². The van der Waals surface area contributed by atoms with Crippen molar-refractivity contribution in [3.8, 4) is 5.75 Å². The van der Waals surface area contributed by atoms with Crippen LogP contribution < -0.4 is 10.5 Å². The summed E-state index contributed by atoms with van der Waals surface area (Å²) in [5.41, 5.74) is 8.18. The van der Waals surface area contributed by atoms with E-state index in [1.807, 2.05) is 17.9 Å². The Kier molecular flexibility index (Phi) is 5.62. The van der Waals surface area contributed by atoms with Crippen LogP contribution in [-0.4, -0.2) is 36.5 Å². The normalized spacial score (nSPS) is 16.0. The number of carbonyl (C=O) groups is 1. The maximum absolute atomic E-state index is 12.1. The first-order chi connectivity index (χ1) is 10.1. The molecule has 0 radical (unpaired) electrons. The van der Waals surface area contributed by atoms with E-state index in [2.05, 4.69) is 19.1 Å². The lowest BCUT2D eigenvalue weighted by atomic mass is 10.1. The summed E-state index contributed by atoms with van der Waals surface area (Å²) < 4.78 is 5.78. The third kappa shape index (κ3) is 4.74. The van der Waals surface area contributed by atoms with Gasteiger partial charge in [0.1, 0.15) is 5.75 Å². The molecule has 0 atom stereocenters. The van der Waals surface area contributed by atoms with Crippen molar-refractivity contribution in [1.82, 2.24) is 4.90 Å². The minimum Gasteiger partial charge on any atom is -0.493 e. The van der Waals surface area contributed by atoms with Gasteiger partial charge >= 0.3 is 0 Å². The van der Waals surface area contributed by atoms with Crippen LogP contribution in [0.25, 0.3) is 0 Å². The number of likely N-dealkylation sites (tertiary alicyclic amines) is 1. The Morgan fingerprint density at radius 3 is 2.76 bits per heavy atom. The highest BCUT2D eigenvalue weighted by Crippen LogP contribution is 2.19. The number of rotatable bonds is 5. The number of hydrogen-bond acceptors (Lipinski definition) is 3. The molecule has 0 aliphatic carbocycles. The van der Waals surface area contributed by atoms with Gasteiger partial charge in [-0.25, -0.2) is 0 Å². The van der Waals surface area contributed by atoms with E-state index in [0.29, 0.717) is 13.0 Å². The quantitative estimate of drug-likeness (QED) is 0.847. The van der Waals surface area contributed by atoms with E-state index in [1.165, 1.54) is 5.56 Å². The fraction of sp³-hybridized carbons (Fsp3) is 0.588. The third-order valence-corrected chi connectivity index (χ3v) is 4.03. The van der Waals surface area contributed by atoms with Gasteiger partial charge in [-0.3, -0.25) is 4.79 Å². The molecule has 21 heavy (non-hydrogen) atoms. The van der Waals surface area contributed by atoms with E-state index in [4.69, 9.17) is 10.5 Å². The topological polar surface area (TPSA) is 55.6 Å². The summed E-state index contributed by atoms with van der Waals surface area (Å²) in [5, 5.41) is 0. The number of ether oxygens (including phenoxy) is 1. The fourth-order valence-corrected chi connectivity index (χ4v) is 2.58. The minimum atomic E-state index is 0.228. The predicted molar refractivity (Wildman–Crippen MR) is 84.4 cm³/mol. The van der Waals surface area contributed by atoms with Crippen molar-refractivity contribution in [3.05, 3.63) is 29.3 Å². The average molecular weight is 290 g/mol. The monoisotopic (exact) mass is 290 g/mol. The number of hydrogen-bond donors (Lipinski definition) is 1. The lowest BCUT2D eigenvalue weighted by Gasteiger charge is -2.30. The van der Waals surface area contributed by atoms with Gasteiger partial charge in [0.05, 0.1) is 6.61 Å². The second-order valence-electron chi connectivity index (χ2n) is 5.94. The standard InChI is InChI=1S/C17H26N2O2/c1-13-5-6-14(2)16(12-13)21-11-3-4-17(20)19-9-7-15(18)8-10-19/h5-6,12,15H,3-4,7-11,18H2,1-2H3. The first-order valence-corrected chi connectivity index (χ1v) is 7.79. The number of amides is 1. The summed E-state index contributed by atoms with van der Waals surface area (Å²) in [5.74, 6) is 1.15. The Labute approximate surface area is 127 Å². The largest absolute Gasteiger partial charge is 0.493 e. The summed E-state index contributed by atoms with van der Waals surface area (Å²) in [6.45, 7) is 6.28. The second kappa shape index (κ2) is 7.46. The molecule has 0 saturated carbocycles. The summed E-state index contributed by atoms with van der Waals surface area (Å²) in [7, 11) is 0. The molecule has 0 spiro atoms. The van der Waals surface area contributed by atoms with Gasteiger partial charge in [0.2, 0.25) is 5.91 Å². The SMILES string of the molecule is Cc1ccc(C)c(OCCCC(=O)N2CCC(N)CC2)c1. The number of nitrogens with two attached hydrogens (primary N) is 1. The molecule has 0 aromatic heterocycles. The van der Waals surface area contributed by atoms with E-state index >= 15 is 0 Å². The molecule has 1 heterocycles. The zero-order valence-corrected chi connectivity index (χ0v) is 13.1. The summed E-state index contributed by atoms with van der Waals surface area (Å²) in [6.07, 6.45) is 3.16. The summed E-state index contributed by atoms with van der Waals surface area (Å²) in [6, 6.07) is 6.45. The van der Waals surface area contributed by atoms with Gasteiger partial charge in [0.25, 0.3) is 0 Å². The van der Waals surface area contributed by atoms with Crippen LogP contribution in [0.2, 0.25) is 0 Å². The van der Waals surface area contributed by atoms with Crippen LogP contribution in [0, 0.1) is 13.8 Å². The van der Waals surface area contributed by atoms with Crippen molar-refractivity contribution in [2.45, 2.75) is 45.6 Å². The van der Waals surface area contributed by atoms with E-state index in [0.717, 1.165) is 43.7 Å². The van der Waals surface area contributed by atoms with Crippen LogP contribution in [-0.2, 0) is 4.79 Å². The second-order valence-corrected chi connectivity index (χ2v) is 5.94. The highest BCUT2D eigenvalue weighted by Gasteiger charge is 2.19. The van der Waals surface area contributed by atoms with E-state index < -0.39 is 0 Å². The molecule has 4 heteroatoms. The maximum Gasteiger partial charge on any atom is 0.222 e. The molecule has 1 aromatic rings. The fourth-order valence-electron chi connectivity index (χ4n) is 2.58. The van der Waals surface area contributed by atoms with E-state index in [1.54, 1.807) is 0 Å². The van der Waals surface area contributed by atoms with Crippen LogP contribution in [0.1, 0.15) is 36.8 Å². The minimum absolute atomic E-state index is 0.228. The van der Waals surface area contributed by atoms with E-state index in [-0.39, 0.29) is 11.9 Å². The number of aryl methyl sites for hydroxylation is 2. The molecule has 1 saturated heterocycles. The van der Waals surface area contributed by atoms with Crippen molar-refractivity contribution in [2.75, 3.05) is 19.7 Å². The summed E-state index contributed by atoms with van der Waals surface area (Å²) >= 11 is 0. The Balaban J connectivity index is 1.69. The summed E-state index contributed by atoms with van der Waals surface area (Å²) in [4.78, 5) is 14.0. The van der Waals surface area contributed by atoms with Crippen LogP contribution in [0.4, 0.5) is 0 Å². The Bertz CT molecular complexity index is 480. The molecule has 2 rings (SSSR count). The van der Waals surface area contributed by atoms with Gasteiger partial charge in [-0.05, 0) is 50.3 Å². The molecule has 1 aliphatic heterocycles. The molecule has 0 unspecified atom stereocenters. The Morgan fingerprint density at radius 2 is 2.05 bits per heavy atom. The number of carbonyl (C=O) groups excluding carboxylic acids is 1. The van der Waals surface area contributed by atoms with Gasteiger partial charge in [-0.2, -0.15) is 0 Å². The lowest BCUT2D eigenvalue weighted by Crippen LogP contribution is -2.42. The van der Waals surface area contributed by atoms with Gasteiger partial charge in [-0.1, -0.05) is 12.1 Å². The molecule has 1 fully saturated rings. The molecule has 116 valence electrons. The van der Waals surface area contributed by atoms with Crippen LogP contribution in [0.5, 0.6) is 5.75 Å². The zero-order valence-electron chi connectivity index (χ0n) is 13.1. The Morgan fingerprint density at radius 1 is 1.33 bits per heavy atom.